The Morgan fingerprint density at radius 1 is 1.53 bits per heavy atom. The summed E-state index contributed by atoms with van der Waals surface area (Å²) in [6.07, 6.45) is 8.05. The summed E-state index contributed by atoms with van der Waals surface area (Å²) < 4.78 is 11.2. The van der Waals surface area contributed by atoms with Crippen LogP contribution in [0, 0.1) is 0 Å². The van der Waals surface area contributed by atoms with E-state index in [1.165, 1.54) is 0 Å². The van der Waals surface area contributed by atoms with Gasteiger partial charge in [-0.2, -0.15) is 0 Å². The van der Waals surface area contributed by atoms with Crippen LogP contribution >= 0.6 is 0 Å². The molecule has 0 radical (unpaired) electrons. The maximum Gasteiger partial charge on any atom is 0.157 e. The fourth-order valence-electron chi connectivity index (χ4n) is 1.69. The molecule has 1 aliphatic heterocycles. The number of rotatable bonds is 7. The number of carbonyl (C=O) groups is 1. The van der Waals surface area contributed by atoms with Crippen LogP contribution < -0.4 is 0 Å². The van der Waals surface area contributed by atoms with Crippen LogP contribution in [0.5, 0.6) is 0 Å². The highest BCUT2D eigenvalue weighted by Gasteiger charge is 2.18. The van der Waals surface area contributed by atoms with Gasteiger partial charge in [-0.3, -0.25) is 0 Å². The van der Waals surface area contributed by atoms with Gasteiger partial charge >= 0.3 is 0 Å². The highest BCUT2D eigenvalue weighted by atomic mass is 16.7. The van der Waals surface area contributed by atoms with E-state index >= 15 is 0 Å². The third kappa shape index (κ3) is 5.09. The van der Waals surface area contributed by atoms with Crippen molar-refractivity contribution in [3.8, 4) is 0 Å². The highest BCUT2D eigenvalue weighted by molar-refractivity contribution is 5.50. The van der Waals surface area contributed by atoms with E-state index < -0.39 is 0 Å². The van der Waals surface area contributed by atoms with Crippen molar-refractivity contribution in [2.45, 2.75) is 50.9 Å². The van der Waals surface area contributed by atoms with Crippen LogP contribution in [0.4, 0.5) is 0 Å². The average molecular weight is 212 g/mol. The molecule has 0 aromatic rings. The Hall–Kier alpha value is -0.670. The first-order valence-corrected chi connectivity index (χ1v) is 5.68. The minimum absolute atomic E-state index is 0.0106. The summed E-state index contributed by atoms with van der Waals surface area (Å²) in [5.41, 5.74) is 0. The van der Waals surface area contributed by atoms with Crippen molar-refractivity contribution in [1.82, 2.24) is 0 Å². The molecule has 2 atom stereocenters. The first kappa shape index (κ1) is 12.4. The number of ether oxygens (including phenoxy) is 2. The normalized spacial score (nSPS) is 23.3. The standard InChI is InChI=1S/C12H20O3/c1-2-3-6-11(8-9-13)15-12-7-4-5-10-14-12/h2,9,11-12H,1,3-8,10H2. The van der Waals surface area contributed by atoms with Crippen molar-refractivity contribution < 1.29 is 14.3 Å². The lowest BCUT2D eigenvalue weighted by Crippen LogP contribution is -2.28. The van der Waals surface area contributed by atoms with Gasteiger partial charge in [0.2, 0.25) is 0 Å². The third-order valence-electron chi connectivity index (χ3n) is 2.53. The number of carbonyl (C=O) groups excluding carboxylic acids is 1. The molecule has 0 aromatic carbocycles. The third-order valence-corrected chi connectivity index (χ3v) is 2.53. The molecule has 1 aliphatic rings. The first-order valence-electron chi connectivity index (χ1n) is 5.68. The molecule has 15 heavy (non-hydrogen) atoms. The Morgan fingerprint density at radius 3 is 3.00 bits per heavy atom. The molecule has 3 nitrogen and oxygen atoms in total. The summed E-state index contributed by atoms with van der Waals surface area (Å²) in [7, 11) is 0. The molecule has 0 aliphatic carbocycles. The summed E-state index contributed by atoms with van der Waals surface area (Å²) in [5, 5.41) is 0. The highest BCUT2D eigenvalue weighted by Crippen LogP contribution is 2.18. The maximum atomic E-state index is 10.5. The van der Waals surface area contributed by atoms with Gasteiger partial charge in [0.1, 0.15) is 6.29 Å². The van der Waals surface area contributed by atoms with E-state index in [2.05, 4.69) is 6.58 Å². The number of hydrogen-bond donors (Lipinski definition) is 0. The van der Waals surface area contributed by atoms with E-state index in [0.717, 1.165) is 45.0 Å². The molecule has 1 fully saturated rings. The molecule has 86 valence electrons. The van der Waals surface area contributed by atoms with Crippen LogP contribution in [-0.4, -0.2) is 25.3 Å². The van der Waals surface area contributed by atoms with E-state index in [9.17, 15) is 4.79 Å². The Balaban J connectivity index is 2.27. The van der Waals surface area contributed by atoms with Crippen LogP contribution in [0.3, 0.4) is 0 Å². The fraction of sp³-hybridized carbons (Fsp3) is 0.750. The van der Waals surface area contributed by atoms with Gasteiger partial charge in [0.25, 0.3) is 0 Å². The minimum Gasteiger partial charge on any atom is -0.353 e. The van der Waals surface area contributed by atoms with E-state index in [1.54, 1.807) is 0 Å². The Bertz CT molecular complexity index is 185. The molecule has 2 unspecified atom stereocenters. The number of aldehydes is 1. The average Bonchev–Trinajstić information content (AvgIpc) is 2.28. The summed E-state index contributed by atoms with van der Waals surface area (Å²) in [5.74, 6) is 0. The summed E-state index contributed by atoms with van der Waals surface area (Å²) in [6, 6.07) is 0. The second kappa shape index (κ2) is 7.60. The van der Waals surface area contributed by atoms with Crippen LogP contribution in [0.1, 0.15) is 38.5 Å². The Kier molecular flexibility index (Phi) is 6.28. The van der Waals surface area contributed by atoms with Crippen molar-refractivity contribution in [3.63, 3.8) is 0 Å². The predicted molar refractivity (Wildman–Crippen MR) is 58.6 cm³/mol. The quantitative estimate of drug-likeness (QED) is 0.480. The topological polar surface area (TPSA) is 35.5 Å². The van der Waals surface area contributed by atoms with Gasteiger partial charge in [-0.05, 0) is 32.1 Å². The van der Waals surface area contributed by atoms with Crippen LogP contribution in [-0.2, 0) is 14.3 Å². The van der Waals surface area contributed by atoms with Gasteiger partial charge in [0.05, 0.1) is 6.10 Å². The molecule has 3 heteroatoms. The van der Waals surface area contributed by atoms with E-state index in [4.69, 9.17) is 9.47 Å². The molecule has 0 amide bonds. The first-order chi connectivity index (χ1) is 7.36. The van der Waals surface area contributed by atoms with Crippen LogP contribution in [0.25, 0.3) is 0 Å². The zero-order valence-corrected chi connectivity index (χ0v) is 9.19. The van der Waals surface area contributed by atoms with Gasteiger partial charge in [-0.25, -0.2) is 0 Å². The van der Waals surface area contributed by atoms with Gasteiger partial charge in [0, 0.05) is 13.0 Å². The van der Waals surface area contributed by atoms with E-state index in [0.29, 0.717) is 6.42 Å². The van der Waals surface area contributed by atoms with Gasteiger partial charge in [-0.1, -0.05) is 6.08 Å². The molecular weight excluding hydrogens is 192 g/mol. The van der Waals surface area contributed by atoms with Crippen molar-refractivity contribution in [1.29, 1.82) is 0 Å². The molecular formula is C12H20O3. The van der Waals surface area contributed by atoms with Gasteiger partial charge < -0.3 is 14.3 Å². The SMILES string of the molecule is C=CCCC(CC=O)OC1CCCCO1. The van der Waals surface area contributed by atoms with Gasteiger partial charge in [-0.15, -0.1) is 6.58 Å². The molecule has 1 saturated heterocycles. The van der Waals surface area contributed by atoms with Crippen molar-refractivity contribution in [2.75, 3.05) is 6.61 Å². The van der Waals surface area contributed by atoms with Crippen molar-refractivity contribution >= 4 is 6.29 Å². The summed E-state index contributed by atoms with van der Waals surface area (Å²) >= 11 is 0. The Labute approximate surface area is 91.4 Å². The zero-order valence-electron chi connectivity index (χ0n) is 9.19. The lowest BCUT2D eigenvalue weighted by Gasteiger charge is -2.26. The lowest BCUT2D eigenvalue weighted by molar-refractivity contribution is -0.189. The largest absolute Gasteiger partial charge is 0.353 e. The van der Waals surface area contributed by atoms with Gasteiger partial charge in [0.15, 0.2) is 6.29 Å². The number of allylic oxidation sites excluding steroid dienone is 1. The fourth-order valence-corrected chi connectivity index (χ4v) is 1.69. The molecule has 1 rings (SSSR count). The minimum atomic E-state index is -0.103. The van der Waals surface area contributed by atoms with Crippen LogP contribution in [0.2, 0.25) is 0 Å². The molecule has 0 saturated carbocycles. The zero-order chi connectivity index (χ0) is 10.9. The lowest BCUT2D eigenvalue weighted by atomic mass is 10.1. The molecule has 0 aromatic heterocycles. The van der Waals surface area contributed by atoms with E-state index in [1.807, 2.05) is 6.08 Å². The maximum absolute atomic E-state index is 10.5. The second-order valence-corrected chi connectivity index (χ2v) is 3.82. The molecule has 0 spiro atoms. The molecule has 0 bridgehead atoms. The monoisotopic (exact) mass is 212 g/mol. The smallest absolute Gasteiger partial charge is 0.157 e. The van der Waals surface area contributed by atoms with Crippen molar-refractivity contribution in [2.24, 2.45) is 0 Å². The van der Waals surface area contributed by atoms with Crippen molar-refractivity contribution in [3.05, 3.63) is 12.7 Å². The van der Waals surface area contributed by atoms with E-state index in [-0.39, 0.29) is 12.4 Å². The summed E-state index contributed by atoms with van der Waals surface area (Å²) in [6.45, 7) is 4.44. The Morgan fingerprint density at radius 2 is 2.40 bits per heavy atom. The summed E-state index contributed by atoms with van der Waals surface area (Å²) in [4.78, 5) is 10.5. The van der Waals surface area contributed by atoms with Crippen LogP contribution in [0.15, 0.2) is 12.7 Å². The predicted octanol–water partition coefficient (Wildman–Crippen LogP) is 2.45. The molecule has 1 heterocycles. The number of hydrogen-bond acceptors (Lipinski definition) is 3. The molecule has 0 N–H and O–H groups in total. The second-order valence-electron chi connectivity index (χ2n) is 3.82.